The number of ether oxygens (including phenoxy) is 1. The van der Waals surface area contributed by atoms with Crippen LogP contribution >= 0.6 is 0 Å². The molecule has 0 bridgehead atoms. The maximum absolute atomic E-state index is 13.9. The minimum Gasteiger partial charge on any atom is -0.488 e. The quantitative estimate of drug-likeness (QED) is 0.606. The zero-order chi connectivity index (χ0) is 19.4. The molecule has 3 rings (SSSR count). The van der Waals surface area contributed by atoms with Crippen molar-refractivity contribution in [1.29, 1.82) is 5.41 Å². The molecule has 0 saturated heterocycles. The smallest absolute Gasteiger partial charge is 0.209 e. The maximum atomic E-state index is 13.9. The first-order chi connectivity index (χ1) is 12.9. The van der Waals surface area contributed by atoms with Crippen LogP contribution in [0.2, 0.25) is 0 Å². The van der Waals surface area contributed by atoms with Crippen LogP contribution in [0.25, 0.3) is 0 Å². The summed E-state index contributed by atoms with van der Waals surface area (Å²) < 4.78 is 19.8. The van der Waals surface area contributed by atoms with Gasteiger partial charge >= 0.3 is 0 Å². The van der Waals surface area contributed by atoms with E-state index in [4.69, 9.17) is 15.9 Å². The van der Waals surface area contributed by atoms with Gasteiger partial charge in [0, 0.05) is 24.1 Å². The lowest BCUT2D eigenvalue weighted by atomic mass is 9.96. The van der Waals surface area contributed by atoms with Crippen LogP contribution in [-0.4, -0.2) is 48.8 Å². The van der Waals surface area contributed by atoms with Gasteiger partial charge < -0.3 is 15.4 Å². The third-order valence-corrected chi connectivity index (χ3v) is 4.33. The van der Waals surface area contributed by atoms with Crippen LogP contribution in [0.15, 0.2) is 53.6 Å². The standard InChI is InChI=1S/C20H24FN5O/c1-25(2)11-15-12-26(20(22)23)24-19(15)17-9-8-16(21)10-18(17)27-13-14-6-4-3-5-7-14/h3-10,15H,11-13H2,1-2H3,(H3,22,23). The maximum Gasteiger partial charge on any atom is 0.209 e. The number of benzene rings is 2. The molecule has 2 aromatic rings. The van der Waals surface area contributed by atoms with Crippen molar-refractivity contribution in [3.8, 4) is 5.75 Å². The highest BCUT2D eigenvalue weighted by Gasteiger charge is 2.31. The largest absolute Gasteiger partial charge is 0.488 e. The molecule has 1 heterocycles. The van der Waals surface area contributed by atoms with Crippen molar-refractivity contribution in [2.24, 2.45) is 16.8 Å². The van der Waals surface area contributed by atoms with Gasteiger partial charge in [0.25, 0.3) is 0 Å². The van der Waals surface area contributed by atoms with Crippen LogP contribution in [-0.2, 0) is 6.61 Å². The minimum atomic E-state index is -0.368. The number of hydrogen-bond donors (Lipinski definition) is 2. The van der Waals surface area contributed by atoms with Crippen molar-refractivity contribution < 1.29 is 9.13 Å². The van der Waals surface area contributed by atoms with Crippen molar-refractivity contribution in [2.75, 3.05) is 27.2 Å². The van der Waals surface area contributed by atoms with E-state index in [9.17, 15) is 4.39 Å². The highest BCUT2D eigenvalue weighted by molar-refractivity contribution is 6.06. The molecule has 0 spiro atoms. The Morgan fingerprint density at radius 2 is 2.04 bits per heavy atom. The zero-order valence-electron chi connectivity index (χ0n) is 15.5. The molecule has 0 fully saturated rings. The van der Waals surface area contributed by atoms with E-state index in [0.29, 0.717) is 18.9 Å². The van der Waals surface area contributed by atoms with Crippen LogP contribution in [0.5, 0.6) is 5.75 Å². The van der Waals surface area contributed by atoms with Crippen LogP contribution in [0.3, 0.4) is 0 Å². The molecule has 1 atom stereocenters. The monoisotopic (exact) mass is 369 g/mol. The van der Waals surface area contributed by atoms with Gasteiger partial charge in [-0.1, -0.05) is 30.3 Å². The Bertz CT molecular complexity index is 838. The fraction of sp³-hybridized carbons (Fsp3) is 0.300. The average molecular weight is 369 g/mol. The first-order valence-electron chi connectivity index (χ1n) is 8.75. The van der Waals surface area contributed by atoms with Gasteiger partial charge in [0.05, 0.1) is 12.3 Å². The van der Waals surface area contributed by atoms with Crippen molar-refractivity contribution >= 4 is 11.7 Å². The number of nitrogens with zero attached hydrogens (tertiary/aromatic N) is 3. The van der Waals surface area contributed by atoms with Crippen molar-refractivity contribution in [3.63, 3.8) is 0 Å². The molecule has 27 heavy (non-hydrogen) atoms. The van der Waals surface area contributed by atoms with Crippen LogP contribution in [0.1, 0.15) is 11.1 Å². The summed E-state index contributed by atoms with van der Waals surface area (Å²) in [5.74, 6) is -0.00388. The number of guanidine groups is 1. The van der Waals surface area contributed by atoms with E-state index in [1.54, 1.807) is 6.07 Å². The number of nitrogens with two attached hydrogens (primary N) is 1. The number of hydrazone groups is 1. The van der Waals surface area contributed by atoms with E-state index in [0.717, 1.165) is 23.4 Å². The summed E-state index contributed by atoms with van der Waals surface area (Å²) in [5, 5.41) is 13.7. The van der Waals surface area contributed by atoms with E-state index >= 15 is 0 Å². The molecule has 1 aliphatic rings. The summed E-state index contributed by atoms with van der Waals surface area (Å²) >= 11 is 0. The Balaban J connectivity index is 1.91. The SMILES string of the molecule is CN(C)CC1CN(C(=N)N)N=C1c1ccc(F)cc1OCc1ccccc1. The Kier molecular flexibility index (Phi) is 5.71. The van der Waals surface area contributed by atoms with E-state index < -0.39 is 0 Å². The van der Waals surface area contributed by atoms with E-state index in [1.807, 2.05) is 44.4 Å². The second kappa shape index (κ2) is 8.18. The number of nitrogens with one attached hydrogen (secondary N) is 1. The van der Waals surface area contributed by atoms with E-state index in [1.165, 1.54) is 17.1 Å². The topological polar surface area (TPSA) is 77.9 Å². The average Bonchev–Trinajstić information content (AvgIpc) is 3.04. The van der Waals surface area contributed by atoms with Gasteiger partial charge in [-0.3, -0.25) is 5.41 Å². The molecule has 1 unspecified atom stereocenters. The Morgan fingerprint density at radius 3 is 2.70 bits per heavy atom. The second-order valence-corrected chi connectivity index (χ2v) is 6.83. The molecule has 0 radical (unpaired) electrons. The molecule has 0 saturated carbocycles. The van der Waals surface area contributed by atoms with Gasteiger partial charge in [-0.25, -0.2) is 9.40 Å². The molecule has 7 heteroatoms. The number of hydrogen-bond acceptors (Lipinski definition) is 4. The minimum absolute atomic E-state index is 0.0356. The lowest BCUT2D eigenvalue weighted by Crippen LogP contribution is -2.35. The first kappa shape index (κ1) is 18.8. The van der Waals surface area contributed by atoms with Crippen LogP contribution in [0.4, 0.5) is 4.39 Å². The normalized spacial score (nSPS) is 16.5. The highest BCUT2D eigenvalue weighted by Crippen LogP contribution is 2.28. The van der Waals surface area contributed by atoms with Gasteiger partial charge in [0.1, 0.15) is 18.2 Å². The van der Waals surface area contributed by atoms with Crippen molar-refractivity contribution in [2.45, 2.75) is 6.61 Å². The van der Waals surface area contributed by atoms with E-state index in [2.05, 4.69) is 10.0 Å². The molecule has 0 amide bonds. The number of rotatable bonds is 6. The summed E-state index contributed by atoms with van der Waals surface area (Å²) in [4.78, 5) is 2.05. The second-order valence-electron chi connectivity index (χ2n) is 6.83. The zero-order valence-corrected chi connectivity index (χ0v) is 15.5. The molecular formula is C20H24FN5O. The summed E-state index contributed by atoms with van der Waals surface area (Å²) in [7, 11) is 3.96. The van der Waals surface area contributed by atoms with Crippen LogP contribution in [0, 0.1) is 17.1 Å². The van der Waals surface area contributed by atoms with Crippen LogP contribution < -0.4 is 10.5 Å². The Labute approximate surface area is 158 Å². The summed E-state index contributed by atoms with van der Waals surface area (Å²) in [6, 6.07) is 14.2. The molecule has 6 nitrogen and oxygen atoms in total. The highest BCUT2D eigenvalue weighted by atomic mass is 19.1. The molecule has 3 N–H and O–H groups in total. The third kappa shape index (κ3) is 4.62. The predicted octanol–water partition coefficient (Wildman–Crippen LogP) is 2.50. The lowest BCUT2D eigenvalue weighted by molar-refractivity contribution is 0.303. The summed E-state index contributed by atoms with van der Waals surface area (Å²) in [6.45, 7) is 1.58. The van der Waals surface area contributed by atoms with E-state index in [-0.39, 0.29) is 17.7 Å². The fourth-order valence-electron chi connectivity index (χ4n) is 3.12. The molecule has 142 valence electrons. The van der Waals surface area contributed by atoms with Gasteiger partial charge in [0.2, 0.25) is 5.96 Å². The van der Waals surface area contributed by atoms with Gasteiger partial charge in [0.15, 0.2) is 0 Å². The summed E-state index contributed by atoms with van der Waals surface area (Å²) in [6.07, 6.45) is 0. The van der Waals surface area contributed by atoms with Gasteiger partial charge in [-0.05, 0) is 31.8 Å². The molecule has 1 aliphatic heterocycles. The summed E-state index contributed by atoms with van der Waals surface area (Å²) in [5.41, 5.74) is 8.10. The van der Waals surface area contributed by atoms with Gasteiger partial charge in [-0.2, -0.15) is 5.10 Å². The Hall–Kier alpha value is -2.93. The molecule has 2 aromatic carbocycles. The fourth-order valence-corrected chi connectivity index (χ4v) is 3.12. The predicted molar refractivity (Wildman–Crippen MR) is 104 cm³/mol. The van der Waals surface area contributed by atoms with Crippen molar-refractivity contribution in [1.82, 2.24) is 9.91 Å². The van der Waals surface area contributed by atoms with Crippen molar-refractivity contribution in [3.05, 3.63) is 65.5 Å². The molecule has 0 aliphatic carbocycles. The molecule has 0 aromatic heterocycles. The molecular weight excluding hydrogens is 345 g/mol. The lowest BCUT2D eigenvalue weighted by Gasteiger charge is -2.19. The Morgan fingerprint density at radius 1 is 1.30 bits per heavy atom. The number of halogens is 1. The third-order valence-electron chi connectivity index (χ3n) is 4.33. The first-order valence-corrected chi connectivity index (χ1v) is 8.75. The van der Waals surface area contributed by atoms with Gasteiger partial charge in [-0.15, -0.1) is 0 Å².